The second kappa shape index (κ2) is 9.20. The molecular weight excluding hydrogens is 453 g/mol. The molecule has 180 valence electrons. The molecule has 0 spiro atoms. The highest BCUT2D eigenvalue weighted by Gasteiger charge is 2.33. The highest BCUT2D eigenvalue weighted by atomic mass is 19.4. The molecule has 1 fully saturated rings. The summed E-state index contributed by atoms with van der Waals surface area (Å²) in [4.78, 5) is 26.5. The summed E-state index contributed by atoms with van der Waals surface area (Å²) in [5, 5.41) is 7.73. The van der Waals surface area contributed by atoms with Gasteiger partial charge in [-0.25, -0.2) is 9.98 Å². The molecule has 5 N–H and O–H groups in total. The van der Waals surface area contributed by atoms with Crippen LogP contribution in [0.15, 0.2) is 29.3 Å². The fourth-order valence-electron chi connectivity index (χ4n) is 4.33. The van der Waals surface area contributed by atoms with E-state index in [1.807, 2.05) is 0 Å². The average molecular weight is 476 g/mol. The number of H-pyrrole nitrogens is 2. The number of carbonyl (C=O) groups excluding carboxylic acids is 1. The highest BCUT2D eigenvalue weighted by Crippen LogP contribution is 2.38. The highest BCUT2D eigenvalue weighted by molar-refractivity contribution is 6.04. The first-order valence-electron chi connectivity index (χ1n) is 10.6. The molecule has 1 aliphatic rings. The zero-order chi connectivity index (χ0) is 24.5. The van der Waals surface area contributed by atoms with Crippen LogP contribution in [0.1, 0.15) is 43.1 Å². The number of nitrogens with one attached hydrogen (secondary N) is 3. The Morgan fingerprint density at radius 3 is 2.65 bits per heavy atom. The van der Waals surface area contributed by atoms with Crippen LogP contribution in [0.2, 0.25) is 0 Å². The number of benzene rings is 1. The second-order valence-corrected chi connectivity index (χ2v) is 8.01. The molecule has 0 saturated heterocycles. The third-order valence-electron chi connectivity index (χ3n) is 5.93. The van der Waals surface area contributed by atoms with Crippen molar-refractivity contribution in [2.45, 2.75) is 38.0 Å². The summed E-state index contributed by atoms with van der Waals surface area (Å²) >= 11 is 0. The third-order valence-corrected chi connectivity index (χ3v) is 5.93. The lowest BCUT2D eigenvalue weighted by molar-refractivity contribution is -0.274. The maximum atomic E-state index is 12.8. The number of hydrogen-bond acceptors (Lipinski definition) is 5. The van der Waals surface area contributed by atoms with Gasteiger partial charge in [-0.15, -0.1) is 13.2 Å². The number of carbonyl (C=O) groups is 1. The van der Waals surface area contributed by atoms with E-state index in [4.69, 9.17) is 20.9 Å². The zero-order valence-electron chi connectivity index (χ0n) is 18.2. The minimum absolute atomic E-state index is 0.0115. The smallest absolute Gasteiger partial charge is 0.469 e. The van der Waals surface area contributed by atoms with Crippen molar-refractivity contribution in [3.8, 4) is 17.1 Å². The van der Waals surface area contributed by atoms with E-state index in [2.05, 4.69) is 19.7 Å². The minimum Gasteiger partial charge on any atom is -0.469 e. The van der Waals surface area contributed by atoms with Gasteiger partial charge in [0.2, 0.25) is 0 Å². The average Bonchev–Trinajstić information content (AvgIpc) is 3.43. The molecule has 2 aromatic heterocycles. The van der Waals surface area contributed by atoms with Crippen molar-refractivity contribution in [3.05, 3.63) is 35.8 Å². The largest absolute Gasteiger partial charge is 0.573 e. The van der Waals surface area contributed by atoms with Crippen molar-refractivity contribution < 1.29 is 27.4 Å². The van der Waals surface area contributed by atoms with Crippen LogP contribution in [0.5, 0.6) is 5.75 Å². The number of nitrogens with zero attached hydrogens (tertiary/aromatic N) is 2. The number of aromatic amines is 2. The first-order chi connectivity index (χ1) is 16.2. The predicted molar refractivity (Wildman–Crippen MR) is 119 cm³/mol. The SMILES string of the molecule is COC(=O)C1CCC(c2nc(-c3cc4cccc(OC(F)(F)F)c4[nH]3)c(C(N)=NC=N)[nH]2)CC1. The van der Waals surface area contributed by atoms with Crippen LogP contribution in [0.25, 0.3) is 22.3 Å². The van der Waals surface area contributed by atoms with Gasteiger partial charge in [0.15, 0.2) is 11.6 Å². The number of nitrogens with two attached hydrogens (primary N) is 1. The van der Waals surface area contributed by atoms with E-state index >= 15 is 0 Å². The van der Waals surface area contributed by atoms with E-state index in [-0.39, 0.29) is 34.9 Å². The fourth-order valence-corrected chi connectivity index (χ4v) is 4.33. The lowest BCUT2D eigenvalue weighted by atomic mass is 9.81. The lowest BCUT2D eigenvalue weighted by Gasteiger charge is -2.25. The van der Waals surface area contributed by atoms with Gasteiger partial charge in [-0.1, -0.05) is 12.1 Å². The summed E-state index contributed by atoms with van der Waals surface area (Å²) in [6.07, 6.45) is -1.35. The van der Waals surface area contributed by atoms with Gasteiger partial charge in [0.1, 0.15) is 23.6 Å². The van der Waals surface area contributed by atoms with Gasteiger partial charge in [-0.05, 0) is 37.8 Å². The van der Waals surface area contributed by atoms with Crippen LogP contribution in [0, 0.1) is 11.3 Å². The maximum Gasteiger partial charge on any atom is 0.573 e. The molecule has 0 radical (unpaired) electrons. The first-order valence-corrected chi connectivity index (χ1v) is 10.6. The van der Waals surface area contributed by atoms with E-state index in [9.17, 15) is 18.0 Å². The van der Waals surface area contributed by atoms with Crippen molar-refractivity contribution in [2.75, 3.05) is 7.11 Å². The Hall–Kier alpha value is -3.83. The minimum atomic E-state index is -4.84. The van der Waals surface area contributed by atoms with E-state index in [1.54, 1.807) is 12.1 Å². The molecule has 0 amide bonds. The Kier molecular flexibility index (Phi) is 6.31. The summed E-state index contributed by atoms with van der Waals surface area (Å²) in [6.45, 7) is 0. The molecule has 0 bridgehead atoms. The van der Waals surface area contributed by atoms with Gasteiger partial charge < -0.3 is 25.2 Å². The van der Waals surface area contributed by atoms with Gasteiger partial charge in [0.25, 0.3) is 0 Å². The number of fused-ring (bicyclic) bond motifs is 1. The molecule has 12 heteroatoms. The van der Waals surface area contributed by atoms with E-state index in [0.717, 1.165) is 6.34 Å². The maximum absolute atomic E-state index is 12.8. The Balaban J connectivity index is 1.72. The van der Waals surface area contributed by atoms with Crippen LogP contribution < -0.4 is 10.5 Å². The molecule has 9 nitrogen and oxygen atoms in total. The Morgan fingerprint density at radius 1 is 1.26 bits per heavy atom. The molecule has 34 heavy (non-hydrogen) atoms. The van der Waals surface area contributed by atoms with Gasteiger partial charge >= 0.3 is 12.3 Å². The number of esters is 1. The van der Waals surface area contributed by atoms with Crippen molar-refractivity contribution in [1.82, 2.24) is 15.0 Å². The Bertz CT molecular complexity index is 1240. The quantitative estimate of drug-likeness (QED) is 0.239. The standard InChI is InChI=1S/C22H23F3N6O3/c1-33-21(32)12-7-5-11(6-8-12)20-30-17(18(31-20)19(27)28-10-26)14-9-13-3-2-4-15(16(13)29-14)34-22(23,24)25/h2-4,9-12,29H,5-8H2,1H3,(H,30,31)(H3,26,27,28). The van der Waals surface area contributed by atoms with Gasteiger partial charge in [0.05, 0.1) is 24.2 Å². The molecule has 2 heterocycles. The Labute approximate surface area is 192 Å². The summed E-state index contributed by atoms with van der Waals surface area (Å²) < 4.78 is 47.5. The first kappa shape index (κ1) is 23.3. The predicted octanol–water partition coefficient (Wildman–Crippen LogP) is 4.22. The van der Waals surface area contributed by atoms with Crippen molar-refractivity contribution in [2.24, 2.45) is 16.6 Å². The number of ether oxygens (including phenoxy) is 2. The number of alkyl halides is 3. The number of halogens is 3. The van der Waals surface area contributed by atoms with Crippen LogP contribution in [-0.4, -0.2) is 46.6 Å². The number of methoxy groups -OCH3 is 1. The van der Waals surface area contributed by atoms with Gasteiger partial charge in [-0.3, -0.25) is 10.2 Å². The molecule has 1 aromatic carbocycles. The van der Waals surface area contributed by atoms with Crippen LogP contribution >= 0.6 is 0 Å². The molecule has 0 unspecified atom stereocenters. The van der Waals surface area contributed by atoms with E-state index in [0.29, 0.717) is 54.0 Å². The number of rotatable bonds is 6. The van der Waals surface area contributed by atoms with Crippen molar-refractivity contribution >= 4 is 29.0 Å². The summed E-state index contributed by atoms with van der Waals surface area (Å²) in [7, 11) is 1.37. The second-order valence-electron chi connectivity index (χ2n) is 8.01. The van der Waals surface area contributed by atoms with Crippen molar-refractivity contribution in [3.63, 3.8) is 0 Å². The molecule has 1 saturated carbocycles. The molecule has 1 aliphatic carbocycles. The van der Waals surface area contributed by atoms with Gasteiger partial charge in [0, 0.05) is 11.3 Å². The Morgan fingerprint density at radius 2 is 2.00 bits per heavy atom. The number of para-hydroxylation sites is 1. The summed E-state index contributed by atoms with van der Waals surface area (Å²) in [6, 6.07) is 5.98. The molecule has 3 aromatic rings. The van der Waals surface area contributed by atoms with Crippen molar-refractivity contribution in [1.29, 1.82) is 5.41 Å². The van der Waals surface area contributed by atoms with E-state index < -0.39 is 6.36 Å². The monoisotopic (exact) mass is 476 g/mol. The third kappa shape index (κ3) is 4.75. The molecule has 4 rings (SSSR count). The number of imidazole rings is 1. The van der Waals surface area contributed by atoms with Crippen LogP contribution in [-0.2, 0) is 9.53 Å². The zero-order valence-corrected chi connectivity index (χ0v) is 18.2. The summed E-state index contributed by atoms with van der Waals surface area (Å²) in [5.41, 5.74) is 7.33. The molecular formula is C22H23F3N6O3. The van der Waals surface area contributed by atoms with Crippen LogP contribution in [0.4, 0.5) is 13.2 Å². The topological polar surface area (TPSA) is 142 Å². The summed E-state index contributed by atoms with van der Waals surface area (Å²) in [5.74, 6) is -0.0816. The van der Waals surface area contributed by atoms with E-state index in [1.165, 1.54) is 19.2 Å². The molecule has 0 aliphatic heterocycles. The number of aromatic nitrogens is 3. The number of amidine groups is 1. The number of aliphatic imine (C=N–C) groups is 1. The normalized spacial score (nSPS) is 19.2. The number of hydrogen-bond donors (Lipinski definition) is 4. The lowest BCUT2D eigenvalue weighted by Crippen LogP contribution is -2.22. The van der Waals surface area contributed by atoms with Gasteiger partial charge in [-0.2, -0.15) is 0 Å². The van der Waals surface area contributed by atoms with Crippen LogP contribution in [0.3, 0.4) is 0 Å². The molecule has 0 atom stereocenters. The fraction of sp³-hybridized carbons (Fsp3) is 0.364.